The molecule has 1 N–H and O–H groups in total. The van der Waals surface area contributed by atoms with Gasteiger partial charge in [0, 0.05) is 6.54 Å². The van der Waals surface area contributed by atoms with Crippen LogP contribution in [0.3, 0.4) is 0 Å². The summed E-state index contributed by atoms with van der Waals surface area (Å²) < 4.78 is 0. The van der Waals surface area contributed by atoms with Gasteiger partial charge in [0.2, 0.25) is 0 Å². The molecule has 0 radical (unpaired) electrons. The summed E-state index contributed by atoms with van der Waals surface area (Å²) in [6, 6.07) is 8.27. The molecule has 1 nitrogen and oxygen atoms in total. The maximum absolute atomic E-state index is 5.33. The van der Waals surface area contributed by atoms with Crippen LogP contribution in [0.2, 0.25) is 0 Å². The summed E-state index contributed by atoms with van der Waals surface area (Å²) in [5.74, 6) is 0. The van der Waals surface area contributed by atoms with E-state index in [1.165, 1.54) is 11.1 Å². The number of rotatable bonds is 2. The summed E-state index contributed by atoms with van der Waals surface area (Å²) in [6.45, 7) is 2.79. The van der Waals surface area contributed by atoms with Crippen LogP contribution in [0.4, 0.5) is 0 Å². The van der Waals surface area contributed by atoms with Crippen LogP contribution >= 0.6 is 11.8 Å². The molecule has 0 saturated carbocycles. The first-order valence-electron chi connectivity index (χ1n) is 3.22. The van der Waals surface area contributed by atoms with Crippen molar-refractivity contribution in [2.45, 2.75) is 13.5 Å². The Bertz CT molecular complexity index is 193. The fraction of sp³-hybridized carbons (Fsp3) is 0.250. The van der Waals surface area contributed by atoms with Crippen LogP contribution in [0.5, 0.6) is 0 Å². The van der Waals surface area contributed by atoms with Gasteiger partial charge in [-0.2, -0.15) is 0 Å². The Morgan fingerprint density at radius 3 is 2.40 bits per heavy atom. The maximum Gasteiger partial charge on any atom is 0.0359 e. The first kappa shape index (κ1) is 7.58. The van der Waals surface area contributed by atoms with Crippen LogP contribution in [0, 0.1) is 6.92 Å². The van der Waals surface area contributed by atoms with Crippen molar-refractivity contribution in [2.75, 3.05) is 0 Å². The van der Waals surface area contributed by atoms with E-state index in [2.05, 4.69) is 36.0 Å². The molecule has 0 unspecified atom stereocenters. The van der Waals surface area contributed by atoms with Gasteiger partial charge < -0.3 is 0 Å². The molecule has 0 aliphatic rings. The number of hydrogen-bond acceptors (Lipinski definition) is 1. The number of halogens is 1. The maximum atomic E-state index is 5.33. The van der Waals surface area contributed by atoms with Gasteiger partial charge in [0.15, 0.2) is 0 Å². The van der Waals surface area contributed by atoms with Crippen LogP contribution in [-0.2, 0) is 6.54 Å². The van der Waals surface area contributed by atoms with E-state index in [4.69, 9.17) is 11.8 Å². The average Bonchev–Trinajstić information content (AvgIpc) is 1.95. The topological polar surface area (TPSA) is 12.0 Å². The largest absolute Gasteiger partial charge is 0.229 e. The molecular formula is C8H10ClN. The first-order valence-corrected chi connectivity index (χ1v) is 3.60. The quantitative estimate of drug-likeness (QED) is 0.646. The molecule has 0 amide bonds. The Hall–Kier alpha value is -0.530. The van der Waals surface area contributed by atoms with Crippen molar-refractivity contribution in [3.8, 4) is 0 Å². The van der Waals surface area contributed by atoms with E-state index in [1.807, 2.05) is 0 Å². The highest BCUT2D eigenvalue weighted by Gasteiger charge is 1.88. The molecule has 0 heterocycles. The van der Waals surface area contributed by atoms with Gasteiger partial charge in [-0.25, -0.2) is 4.84 Å². The van der Waals surface area contributed by atoms with Gasteiger partial charge in [-0.15, -0.1) is 0 Å². The van der Waals surface area contributed by atoms with Crippen LogP contribution in [-0.4, -0.2) is 0 Å². The highest BCUT2D eigenvalue weighted by Crippen LogP contribution is 2.02. The minimum atomic E-state index is 0.724. The summed E-state index contributed by atoms with van der Waals surface area (Å²) in [4.78, 5) is 2.58. The molecule has 54 valence electrons. The molecule has 1 rings (SSSR count). The Morgan fingerprint density at radius 2 is 1.90 bits per heavy atom. The van der Waals surface area contributed by atoms with Gasteiger partial charge >= 0.3 is 0 Å². The number of nitrogens with one attached hydrogen (secondary N) is 1. The van der Waals surface area contributed by atoms with Crippen LogP contribution < -0.4 is 4.84 Å². The zero-order chi connectivity index (χ0) is 7.40. The second-order valence-electron chi connectivity index (χ2n) is 2.30. The molecule has 10 heavy (non-hydrogen) atoms. The Balaban J connectivity index is 2.69. The molecule has 0 aliphatic heterocycles. The van der Waals surface area contributed by atoms with Gasteiger partial charge in [0.05, 0.1) is 0 Å². The summed E-state index contributed by atoms with van der Waals surface area (Å²) in [6.07, 6.45) is 0. The van der Waals surface area contributed by atoms with E-state index < -0.39 is 0 Å². The van der Waals surface area contributed by atoms with Crippen molar-refractivity contribution >= 4 is 11.8 Å². The van der Waals surface area contributed by atoms with E-state index in [1.54, 1.807) is 0 Å². The molecule has 2 heteroatoms. The number of benzene rings is 1. The van der Waals surface area contributed by atoms with Gasteiger partial charge in [-0.3, -0.25) is 0 Å². The van der Waals surface area contributed by atoms with Crippen molar-refractivity contribution in [3.63, 3.8) is 0 Å². The fourth-order valence-corrected chi connectivity index (χ4v) is 0.937. The Labute approximate surface area is 66.1 Å². The third kappa shape index (κ3) is 2.01. The monoisotopic (exact) mass is 155 g/mol. The molecule has 0 saturated heterocycles. The van der Waals surface area contributed by atoms with Crippen molar-refractivity contribution < 1.29 is 0 Å². The standard InChI is InChI=1S/C8H10ClN/c1-7-2-4-8(5-3-7)6-10-9/h2-5,10H,6H2,1H3. The molecule has 0 aliphatic carbocycles. The van der Waals surface area contributed by atoms with Gasteiger partial charge in [-0.1, -0.05) is 29.8 Å². The Kier molecular flexibility index (Phi) is 2.72. The summed E-state index contributed by atoms with van der Waals surface area (Å²) in [5, 5.41) is 0. The van der Waals surface area contributed by atoms with Crippen molar-refractivity contribution in [2.24, 2.45) is 0 Å². The van der Waals surface area contributed by atoms with Crippen molar-refractivity contribution in [1.82, 2.24) is 4.84 Å². The number of aryl methyl sites for hydroxylation is 1. The first-order chi connectivity index (χ1) is 4.83. The van der Waals surface area contributed by atoms with Crippen molar-refractivity contribution in [1.29, 1.82) is 0 Å². The molecule has 1 aromatic carbocycles. The van der Waals surface area contributed by atoms with E-state index >= 15 is 0 Å². The molecule has 0 spiro atoms. The SMILES string of the molecule is Cc1ccc(CNCl)cc1. The zero-order valence-electron chi connectivity index (χ0n) is 5.89. The number of hydrogen-bond donors (Lipinski definition) is 1. The van der Waals surface area contributed by atoms with E-state index in [0.717, 1.165) is 6.54 Å². The van der Waals surface area contributed by atoms with Crippen molar-refractivity contribution in [3.05, 3.63) is 35.4 Å². The van der Waals surface area contributed by atoms with E-state index in [9.17, 15) is 0 Å². The van der Waals surface area contributed by atoms with Crippen LogP contribution in [0.25, 0.3) is 0 Å². The smallest absolute Gasteiger partial charge is 0.0359 e. The molecule has 0 aromatic heterocycles. The van der Waals surface area contributed by atoms with E-state index in [-0.39, 0.29) is 0 Å². The second-order valence-corrected chi connectivity index (χ2v) is 2.56. The second kappa shape index (κ2) is 3.59. The zero-order valence-corrected chi connectivity index (χ0v) is 6.65. The normalized spacial score (nSPS) is 9.80. The van der Waals surface area contributed by atoms with Gasteiger partial charge in [0.1, 0.15) is 0 Å². The highest BCUT2D eigenvalue weighted by molar-refractivity contribution is 6.13. The third-order valence-electron chi connectivity index (χ3n) is 1.39. The fourth-order valence-electron chi connectivity index (χ4n) is 0.783. The highest BCUT2D eigenvalue weighted by atomic mass is 35.5. The summed E-state index contributed by atoms with van der Waals surface area (Å²) >= 11 is 5.33. The molecule has 0 atom stereocenters. The van der Waals surface area contributed by atoms with Crippen LogP contribution in [0.15, 0.2) is 24.3 Å². The summed E-state index contributed by atoms with van der Waals surface area (Å²) in [5.41, 5.74) is 2.49. The lowest BCUT2D eigenvalue weighted by molar-refractivity contribution is 0.963. The predicted molar refractivity (Wildman–Crippen MR) is 43.9 cm³/mol. The molecule has 0 bridgehead atoms. The van der Waals surface area contributed by atoms with Gasteiger partial charge in [-0.05, 0) is 24.3 Å². The Morgan fingerprint density at radius 1 is 1.30 bits per heavy atom. The lowest BCUT2D eigenvalue weighted by Gasteiger charge is -1.97. The van der Waals surface area contributed by atoms with E-state index in [0.29, 0.717) is 0 Å². The lowest BCUT2D eigenvalue weighted by atomic mass is 10.2. The lowest BCUT2D eigenvalue weighted by Crippen LogP contribution is -1.97. The molecule has 0 fully saturated rings. The molecule has 1 aromatic rings. The van der Waals surface area contributed by atoms with Crippen LogP contribution in [0.1, 0.15) is 11.1 Å². The average molecular weight is 156 g/mol. The van der Waals surface area contributed by atoms with Gasteiger partial charge in [0.25, 0.3) is 0 Å². The minimum absolute atomic E-state index is 0.724. The minimum Gasteiger partial charge on any atom is -0.229 e. The third-order valence-corrected chi connectivity index (χ3v) is 1.53. The molecular weight excluding hydrogens is 146 g/mol. The summed E-state index contributed by atoms with van der Waals surface area (Å²) in [7, 11) is 0. The predicted octanol–water partition coefficient (Wildman–Crippen LogP) is 2.24.